The van der Waals surface area contributed by atoms with E-state index in [1.54, 1.807) is 33.2 Å². The second-order valence-corrected chi connectivity index (χ2v) is 3.90. The van der Waals surface area contributed by atoms with Gasteiger partial charge < -0.3 is 19.7 Å². The van der Waals surface area contributed by atoms with Gasteiger partial charge in [-0.1, -0.05) is 0 Å². The molecule has 0 saturated heterocycles. The summed E-state index contributed by atoms with van der Waals surface area (Å²) in [5.41, 5.74) is 1.02. The highest BCUT2D eigenvalue weighted by molar-refractivity contribution is 5.73. The maximum Gasteiger partial charge on any atom is 0.316 e. The number of hydrogen-bond acceptors (Lipinski definition) is 3. The molecule has 1 aromatic rings. The molecule has 1 rings (SSSR count). The summed E-state index contributed by atoms with van der Waals surface area (Å²) >= 11 is 0. The van der Waals surface area contributed by atoms with E-state index in [1.165, 1.54) is 0 Å². The summed E-state index contributed by atoms with van der Waals surface area (Å²) in [4.78, 5) is 13.0. The number of amides is 2. The molecule has 1 aromatic carbocycles. The van der Waals surface area contributed by atoms with Crippen LogP contribution in [0.25, 0.3) is 0 Å². The van der Waals surface area contributed by atoms with Gasteiger partial charge in [-0.25, -0.2) is 4.79 Å². The van der Waals surface area contributed by atoms with Crippen molar-refractivity contribution in [3.8, 4) is 11.5 Å². The second kappa shape index (κ2) is 6.74. The summed E-state index contributed by atoms with van der Waals surface area (Å²) in [7, 11) is 6.63. The Morgan fingerprint density at radius 3 is 2.61 bits per heavy atom. The molecular formula is C13H20N2O3. The quantitative estimate of drug-likeness (QED) is 0.864. The number of hydrogen-bond donors (Lipinski definition) is 1. The van der Waals surface area contributed by atoms with Crippen LogP contribution in [0.5, 0.6) is 11.5 Å². The minimum absolute atomic E-state index is 0.100. The fourth-order valence-corrected chi connectivity index (χ4v) is 1.66. The Labute approximate surface area is 108 Å². The zero-order valence-corrected chi connectivity index (χ0v) is 11.3. The predicted molar refractivity (Wildman–Crippen MR) is 70.3 cm³/mol. The van der Waals surface area contributed by atoms with Crippen molar-refractivity contribution in [2.24, 2.45) is 0 Å². The van der Waals surface area contributed by atoms with E-state index in [2.05, 4.69) is 5.32 Å². The van der Waals surface area contributed by atoms with Crippen LogP contribution in [0.4, 0.5) is 4.79 Å². The van der Waals surface area contributed by atoms with E-state index in [9.17, 15) is 4.79 Å². The lowest BCUT2D eigenvalue weighted by Gasteiger charge is -2.17. The summed E-state index contributed by atoms with van der Waals surface area (Å²) in [5, 5.41) is 2.58. The van der Waals surface area contributed by atoms with Crippen molar-refractivity contribution in [1.29, 1.82) is 0 Å². The molecule has 5 heteroatoms. The van der Waals surface area contributed by atoms with Crippen molar-refractivity contribution < 1.29 is 14.3 Å². The molecule has 2 amide bonds. The first-order valence-electron chi connectivity index (χ1n) is 5.76. The molecular weight excluding hydrogens is 232 g/mol. The first-order chi connectivity index (χ1) is 8.62. The van der Waals surface area contributed by atoms with Crippen LogP contribution >= 0.6 is 0 Å². The van der Waals surface area contributed by atoms with E-state index in [0.717, 1.165) is 17.1 Å². The Balaban J connectivity index is 2.73. The summed E-state index contributed by atoms with van der Waals surface area (Å²) < 4.78 is 10.5. The average Bonchev–Trinajstić information content (AvgIpc) is 2.43. The van der Waals surface area contributed by atoms with Gasteiger partial charge in [0.25, 0.3) is 0 Å². The zero-order valence-electron chi connectivity index (χ0n) is 11.3. The topological polar surface area (TPSA) is 50.8 Å². The summed E-state index contributed by atoms with van der Waals surface area (Å²) in [5.74, 6) is 1.59. The van der Waals surface area contributed by atoms with Crippen molar-refractivity contribution in [1.82, 2.24) is 10.2 Å². The fourth-order valence-electron chi connectivity index (χ4n) is 1.66. The smallest absolute Gasteiger partial charge is 0.316 e. The van der Waals surface area contributed by atoms with E-state index in [1.807, 2.05) is 18.2 Å². The van der Waals surface area contributed by atoms with Crippen molar-refractivity contribution in [3.05, 3.63) is 23.8 Å². The van der Waals surface area contributed by atoms with Crippen molar-refractivity contribution in [3.63, 3.8) is 0 Å². The van der Waals surface area contributed by atoms with Gasteiger partial charge in [-0.3, -0.25) is 0 Å². The average molecular weight is 252 g/mol. The van der Waals surface area contributed by atoms with Crippen molar-refractivity contribution in [2.45, 2.75) is 6.42 Å². The number of rotatable bonds is 5. The van der Waals surface area contributed by atoms with Gasteiger partial charge in [-0.15, -0.1) is 0 Å². The van der Waals surface area contributed by atoms with E-state index in [-0.39, 0.29) is 6.03 Å². The molecule has 0 aliphatic heterocycles. The minimum Gasteiger partial charge on any atom is -0.497 e. The molecule has 0 saturated carbocycles. The molecule has 0 fully saturated rings. The van der Waals surface area contributed by atoms with Gasteiger partial charge in [0.1, 0.15) is 11.5 Å². The van der Waals surface area contributed by atoms with Gasteiger partial charge in [0.15, 0.2) is 0 Å². The molecule has 100 valence electrons. The number of methoxy groups -OCH3 is 2. The molecule has 0 spiro atoms. The third-order valence-corrected chi connectivity index (χ3v) is 2.76. The van der Waals surface area contributed by atoms with Gasteiger partial charge in [-0.05, 0) is 30.2 Å². The van der Waals surface area contributed by atoms with Crippen LogP contribution in [0.3, 0.4) is 0 Å². The van der Waals surface area contributed by atoms with Gasteiger partial charge in [-0.2, -0.15) is 0 Å². The Bertz CT molecular complexity index is 407. The van der Waals surface area contributed by atoms with Gasteiger partial charge in [0.2, 0.25) is 0 Å². The van der Waals surface area contributed by atoms with E-state index < -0.39 is 0 Å². The number of nitrogens with zero attached hydrogens (tertiary/aromatic N) is 1. The largest absolute Gasteiger partial charge is 0.497 e. The molecule has 0 aliphatic carbocycles. The zero-order chi connectivity index (χ0) is 13.5. The number of nitrogens with one attached hydrogen (secondary N) is 1. The fraction of sp³-hybridized carbons (Fsp3) is 0.462. The number of carbonyl (C=O) groups excluding carboxylic acids is 1. The molecule has 0 atom stereocenters. The van der Waals surface area contributed by atoms with Crippen LogP contribution in [0.1, 0.15) is 5.56 Å². The monoisotopic (exact) mass is 252 g/mol. The Hall–Kier alpha value is -1.91. The standard InChI is InChI=1S/C13H20N2O3/c1-14-13(16)15(2)8-7-10-9-11(17-3)5-6-12(10)18-4/h5-6,9H,7-8H2,1-4H3,(H,14,16). The molecule has 0 radical (unpaired) electrons. The molecule has 0 aromatic heterocycles. The highest BCUT2D eigenvalue weighted by atomic mass is 16.5. The number of urea groups is 1. The van der Waals surface area contributed by atoms with Crippen LogP contribution in [-0.2, 0) is 6.42 Å². The lowest BCUT2D eigenvalue weighted by Crippen LogP contribution is -2.36. The maximum atomic E-state index is 11.4. The first-order valence-corrected chi connectivity index (χ1v) is 5.76. The molecule has 0 bridgehead atoms. The van der Waals surface area contributed by atoms with E-state index >= 15 is 0 Å². The number of carbonyl (C=O) groups is 1. The van der Waals surface area contributed by atoms with Gasteiger partial charge in [0.05, 0.1) is 14.2 Å². The summed E-state index contributed by atoms with van der Waals surface area (Å²) in [6, 6.07) is 5.55. The highest BCUT2D eigenvalue weighted by Crippen LogP contribution is 2.24. The van der Waals surface area contributed by atoms with Crippen LogP contribution in [0.2, 0.25) is 0 Å². The predicted octanol–water partition coefficient (Wildman–Crippen LogP) is 1.52. The normalized spacial score (nSPS) is 9.78. The van der Waals surface area contributed by atoms with Gasteiger partial charge in [0, 0.05) is 20.6 Å². The SMILES string of the molecule is CNC(=O)N(C)CCc1cc(OC)ccc1OC. The van der Waals surface area contributed by atoms with Crippen LogP contribution in [-0.4, -0.2) is 45.8 Å². The Morgan fingerprint density at radius 2 is 2.06 bits per heavy atom. The van der Waals surface area contributed by atoms with E-state index in [4.69, 9.17) is 9.47 Å². The number of benzene rings is 1. The molecule has 0 heterocycles. The maximum absolute atomic E-state index is 11.4. The summed E-state index contributed by atoms with van der Waals surface area (Å²) in [6.45, 7) is 0.614. The minimum atomic E-state index is -0.100. The Kier molecular flexibility index (Phi) is 5.30. The van der Waals surface area contributed by atoms with Crippen molar-refractivity contribution in [2.75, 3.05) is 34.9 Å². The number of likely N-dealkylation sites (N-methyl/N-ethyl adjacent to an activating group) is 1. The number of ether oxygens (including phenoxy) is 2. The lowest BCUT2D eigenvalue weighted by atomic mass is 10.1. The molecule has 0 unspecified atom stereocenters. The van der Waals surface area contributed by atoms with Crippen LogP contribution < -0.4 is 14.8 Å². The third kappa shape index (κ3) is 3.55. The van der Waals surface area contributed by atoms with Crippen molar-refractivity contribution >= 4 is 6.03 Å². The van der Waals surface area contributed by atoms with Crippen LogP contribution in [0, 0.1) is 0 Å². The first kappa shape index (κ1) is 14.2. The molecule has 0 aliphatic rings. The molecule has 5 nitrogen and oxygen atoms in total. The van der Waals surface area contributed by atoms with E-state index in [0.29, 0.717) is 13.0 Å². The molecule has 18 heavy (non-hydrogen) atoms. The summed E-state index contributed by atoms with van der Waals surface area (Å²) in [6.07, 6.45) is 0.713. The lowest BCUT2D eigenvalue weighted by molar-refractivity contribution is 0.211. The molecule has 1 N–H and O–H groups in total. The van der Waals surface area contributed by atoms with Crippen LogP contribution in [0.15, 0.2) is 18.2 Å². The second-order valence-electron chi connectivity index (χ2n) is 3.90. The Morgan fingerprint density at radius 1 is 1.33 bits per heavy atom. The highest BCUT2D eigenvalue weighted by Gasteiger charge is 2.09. The van der Waals surface area contributed by atoms with Gasteiger partial charge >= 0.3 is 6.03 Å². The third-order valence-electron chi connectivity index (χ3n) is 2.76.